The summed E-state index contributed by atoms with van der Waals surface area (Å²) >= 11 is 0. The Morgan fingerprint density at radius 1 is 1.26 bits per heavy atom. The Balaban J connectivity index is 2.31. The summed E-state index contributed by atoms with van der Waals surface area (Å²) in [6.07, 6.45) is 0. The number of amidine groups is 1. The number of nitrogens with zero attached hydrogens (tertiary/aromatic N) is 2. The highest BCUT2D eigenvalue weighted by molar-refractivity contribution is 5.95. The van der Waals surface area contributed by atoms with Crippen LogP contribution in [0.3, 0.4) is 0 Å². The lowest BCUT2D eigenvalue weighted by Crippen LogP contribution is -2.14. The van der Waals surface area contributed by atoms with Crippen molar-refractivity contribution < 1.29 is 9.94 Å². The van der Waals surface area contributed by atoms with Gasteiger partial charge in [-0.25, -0.2) is 4.98 Å². The zero-order chi connectivity index (χ0) is 13.8. The molecule has 0 bridgehead atoms. The molecular weight excluding hydrogens is 242 g/mol. The topological polar surface area (TPSA) is 80.7 Å². The molecule has 1 aromatic heterocycles. The fraction of sp³-hybridized carbons (Fsp3) is 0.143. The van der Waals surface area contributed by atoms with E-state index < -0.39 is 0 Å². The third-order valence-electron chi connectivity index (χ3n) is 2.65. The summed E-state index contributed by atoms with van der Waals surface area (Å²) in [5.74, 6) is 1.09. The monoisotopic (exact) mass is 257 g/mol. The van der Waals surface area contributed by atoms with Gasteiger partial charge in [0.15, 0.2) is 5.84 Å². The zero-order valence-corrected chi connectivity index (χ0v) is 10.8. The molecule has 98 valence electrons. The highest BCUT2D eigenvalue weighted by atomic mass is 16.5. The van der Waals surface area contributed by atoms with Crippen LogP contribution in [0.2, 0.25) is 0 Å². The average Bonchev–Trinajstić information content (AvgIpc) is 2.42. The van der Waals surface area contributed by atoms with E-state index >= 15 is 0 Å². The minimum absolute atomic E-state index is 0.0496. The van der Waals surface area contributed by atoms with E-state index in [2.05, 4.69) is 10.1 Å². The summed E-state index contributed by atoms with van der Waals surface area (Å²) in [6.45, 7) is 3.95. The van der Waals surface area contributed by atoms with Gasteiger partial charge in [0.2, 0.25) is 5.88 Å². The van der Waals surface area contributed by atoms with Gasteiger partial charge in [0.1, 0.15) is 11.4 Å². The number of oxime groups is 1. The average molecular weight is 257 g/mol. The van der Waals surface area contributed by atoms with E-state index in [9.17, 15) is 0 Å². The van der Waals surface area contributed by atoms with E-state index in [1.54, 1.807) is 18.2 Å². The third kappa shape index (κ3) is 3.01. The molecule has 0 unspecified atom stereocenters. The normalized spacial score (nSPS) is 11.4. The highest BCUT2D eigenvalue weighted by Crippen LogP contribution is 2.24. The summed E-state index contributed by atoms with van der Waals surface area (Å²) in [4.78, 5) is 4.17. The number of nitrogens with two attached hydrogens (primary N) is 1. The van der Waals surface area contributed by atoms with Crippen molar-refractivity contribution in [3.05, 3.63) is 53.2 Å². The van der Waals surface area contributed by atoms with Crippen LogP contribution in [0.4, 0.5) is 0 Å². The van der Waals surface area contributed by atoms with E-state index in [0.29, 0.717) is 11.6 Å². The number of hydrogen-bond acceptors (Lipinski definition) is 4. The smallest absolute Gasteiger partial charge is 0.219 e. The molecule has 2 aromatic rings. The van der Waals surface area contributed by atoms with Crippen molar-refractivity contribution in [3.63, 3.8) is 0 Å². The Bertz CT molecular complexity index is 624. The van der Waals surface area contributed by atoms with Crippen LogP contribution in [0.1, 0.15) is 16.8 Å². The molecule has 0 saturated heterocycles. The zero-order valence-electron chi connectivity index (χ0n) is 10.8. The molecule has 5 nitrogen and oxygen atoms in total. The number of hydrogen-bond donors (Lipinski definition) is 2. The molecule has 3 N–H and O–H groups in total. The molecule has 0 aliphatic heterocycles. The maximum Gasteiger partial charge on any atom is 0.219 e. The Morgan fingerprint density at radius 2 is 2.05 bits per heavy atom. The summed E-state index contributed by atoms with van der Waals surface area (Å²) in [6, 6.07) is 11.0. The fourth-order valence-corrected chi connectivity index (χ4v) is 1.60. The molecule has 1 heterocycles. The van der Waals surface area contributed by atoms with Gasteiger partial charge < -0.3 is 15.7 Å². The van der Waals surface area contributed by atoms with Crippen LogP contribution in [0.5, 0.6) is 11.6 Å². The van der Waals surface area contributed by atoms with Gasteiger partial charge in [-0.15, -0.1) is 0 Å². The first-order valence-electron chi connectivity index (χ1n) is 5.80. The molecule has 0 fully saturated rings. The minimum Gasteiger partial charge on any atom is -0.439 e. The van der Waals surface area contributed by atoms with Gasteiger partial charge in [-0.05, 0) is 37.1 Å². The van der Waals surface area contributed by atoms with Crippen molar-refractivity contribution in [1.82, 2.24) is 4.98 Å². The van der Waals surface area contributed by atoms with Crippen LogP contribution < -0.4 is 10.5 Å². The van der Waals surface area contributed by atoms with Crippen molar-refractivity contribution in [2.45, 2.75) is 13.8 Å². The number of aryl methyl sites for hydroxylation is 2. The van der Waals surface area contributed by atoms with Crippen LogP contribution in [0.15, 0.2) is 41.6 Å². The summed E-state index contributed by atoms with van der Waals surface area (Å²) in [5, 5.41) is 11.5. The van der Waals surface area contributed by atoms with Crippen molar-refractivity contribution in [1.29, 1.82) is 0 Å². The molecule has 0 aliphatic carbocycles. The van der Waals surface area contributed by atoms with Crippen LogP contribution in [-0.2, 0) is 0 Å². The van der Waals surface area contributed by atoms with Crippen LogP contribution >= 0.6 is 0 Å². The molecule has 0 aliphatic rings. The SMILES string of the molecule is Cc1ccc(C)c(Oc2cccc(C(N)=NO)n2)c1. The Labute approximate surface area is 111 Å². The van der Waals surface area contributed by atoms with E-state index in [0.717, 1.165) is 16.9 Å². The molecular formula is C14H15N3O2. The third-order valence-corrected chi connectivity index (χ3v) is 2.65. The Kier molecular flexibility index (Phi) is 3.66. The molecule has 0 spiro atoms. The largest absolute Gasteiger partial charge is 0.439 e. The lowest BCUT2D eigenvalue weighted by molar-refractivity contribution is 0.318. The van der Waals surface area contributed by atoms with Crippen molar-refractivity contribution in [2.24, 2.45) is 10.9 Å². The lowest BCUT2D eigenvalue weighted by Gasteiger charge is -2.09. The van der Waals surface area contributed by atoms with Gasteiger partial charge >= 0.3 is 0 Å². The summed E-state index contributed by atoms with van der Waals surface area (Å²) in [5.41, 5.74) is 7.98. The number of aromatic nitrogens is 1. The number of pyridine rings is 1. The molecule has 0 radical (unpaired) electrons. The van der Waals surface area contributed by atoms with E-state index in [1.807, 2.05) is 32.0 Å². The highest BCUT2D eigenvalue weighted by Gasteiger charge is 2.06. The van der Waals surface area contributed by atoms with Gasteiger partial charge in [-0.3, -0.25) is 0 Å². The number of ether oxygens (including phenoxy) is 1. The van der Waals surface area contributed by atoms with E-state index in [1.165, 1.54) is 0 Å². The summed E-state index contributed by atoms with van der Waals surface area (Å²) < 4.78 is 5.72. The van der Waals surface area contributed by atoms with E-state index in [4.69, 9.17) is 15.7 Å². The first-order valence-corrected chi connectivity index (χ1v) is 5.80. The second-order valence-corrected chi connectivity index (χ2v) is 4.22. The maximum absolute atomic E-state index is 8.63. The Morgan fingerprint density at radius 3 is 2.79 bits per heavy atom. The molecule has 0 amide bonds. The first kappa shape index (κ1) is 12.9. The van der Waals surface area contributed by atoms with Gasteiger partial charge in [-0.1, -0.05) is 23.4 Å². The number of rotatable bonds is 3. The quantitative estimate of drug-likeness (QED) is 0.383. The van der Waals surface area contributed by atoms with Crippen LogP contribution in [0.25, 0.3) is 0 Å². The Hall–Kier alpha value is -2.56. The van der Waals surface area contributed by atoms with Gasteiger partial charge in [-0.2, -0.15) is 0 Å². The second-order valence-electron chi connectivity index (χ2n) is 4.22. The van der Waals surface area contributed by atoms with E-state index in [-0.39, 0.29) is 5.84 Å². The second kappa shape index (κ2) is 5.39. The van der Waals surface area contributed by atoms with Crippen molar-refractivity contribution in [2.75, 3.05) is 0 Å². The lowest BCUT2D eigenvalue weighted by atomic mass is 10.1. The van der Waals surface area contributed by atoms with Crippen LogP contribution in [-0.4, -0.2) is 16.0 Å². The maximum atomic E-state index is 8.63. The van der Waals surface area contributed by atoms with Crippen LogP contribution in [0, 0.1) is 13.8 Å². The molecule has 0 atom stereocenters. The predicted octanol–water partition coefficient (Wildman–Crippen LogP) is 2.59. The van der Waals surface area contributed by atoms with Gasteiger partial charge in [0, 0.05) is 6.07 Å². The molecule has 2 rings (SSSR count). The molecule has 1 aromatic carbocycles. The predicted molar refractivity (Wildman–Crippen MR) is 72.7 cm³/mol. The number of benzene rings is 1. The van der Waals surface area contributed by atoms with Gasteiger partial charge in [0.25, 0.3) is 0 Å². The minimum atomic E-state index is -0.0496. The fourth-order valence-electron chi connectivity index (χ4n) is 1.60. The molecule has 0 saturated carbocycles. The van der Waals surface area contributed by atoms with Gasteiger partial charge in [0.05, 0.1) is 0 Å². The van der Waals surface area contributed by atoms with Crippen molar-refractivity contribution >= 4 is 5.84 Å². The molecule has 5 heteroatoms. The standard InChI is InChI=1S/C14H15N3O2/c1-9-6-7-10(2)12(8-9)19-13-5-3-4-11(16-13)14(15)17-18/h3-8,18H,1-2H3,(H2,15,17). The van der Waals surface area contributed by atoms with Crippen molar-refractivity contribution in [3.8, 4) is 11.6 Å². The molecule has 19 heavy (non-hydrogen) atoms. The first-order chi connectivity index (χ1) is 9.10. The summed E-state index contributed by atoms with van der Waals surface area (Å²) in [7, 11) is 0.